The Hall–Kier alpha value is -0.800. The lowest BCUT2D eigenvalue weighted by molar-refractivity contribution is 0.697. The van der Waals surface area contributed by atoms with E-state index in [1.165, 1.54) is 46.6 Å². The molecule has 0 saturated carbocycles. The van der Waals surface area contributed by atoms with Crippen molar-refractivity contribution in [3.63, 3.8) is 0 Å². The van der Waals surface area contributed by atoms with Crippen LogP contribution in [0.5, 0.6) is 0 Å². The summed E-state index contributed by atoms with van der Waals surface area (Å²) < 4.78 is 2.47. The van der Waals surface area contributed by atoms with Crippen LogP contribution in [0.15, 0.2) is 42.5 Å². The van der Waals surface area contributed by atoms with Crippen molar-refractivity contribution in [3.05, 3.63) is 48.0 Å². The van der Waals surface area contributed by atoms with Gasteiger partial charge in [0.15, 0.2) is 0 Å². The van der Waals surface area contributed by atoms with E-state index >= 15 is 0 Å². The van der Waals surface area contributed by atoms with Gasteiger partial charge in [-0.1, -0.05) is 68.3 Å². The molecule has 3 rings (SSSR count). The maximum absolute atomic E-state index is 3.84. The minimum Gasteiger partial charge on any atom is -0.341 e. The molecule has 1 heterocycles. The molecule has 0 fully saturated rings. The van der Waals surface area contributed by atoms with Gasteiger partial charge >= 0.3 is 0 Å². The van der Waals surface area contributed by atoms with Gasteiger partial charge in [0.1, 0.15) is 0 Å². The molecular weight excluding hydrogens is 414 g/mol. The summed E-state index contributed by atoms with van der Waals surface area (Å²) in [4.78, 5) is 0.606. The molecule has 0 aliphatic heterocycles. The lowest BCUT2D eigenvalue weighted by atomic mass is 10.0. The number of benzene rings is 2. The van der Waals surface area contributed by atoms with E-state index in [0.717, 1.165) is 18.3 Å². The number of hydrogen-bond donors (Lipinski definition) is 0. The van der Waals surface area contributed by atoms with Crippen LogP contribution in [0.2, 0.25) is 0 Å². The number of aromatic nitrogens is 1. The van der Waals surface area contributed by atoms with Crippen LogP contribution in [0.3, 0.4) is 0 Å². The van der Waals surface area contributed by atoms with Crippen molar-refractivity contribution in [1.29, 1.82) is 0 Å². The Morgan fingerprint density at radius 1 is 1.00 bits per heavy atom. The molecular formula is C20H23Br2N. The number of nitrogens with zero attached hydrogens (tertiary/aromatic N) is 1. The lowest BCUT2D eigenvalue weighted by Gasteiger charge is -2.12. The van der Waals surface area contributed by atoms with Gasteiger partial charge in [-0.25, -0.2) is 0 Å². The molecule has 1 aromatic heterocycles. The van der Waals surface area contributed by atoms with Crippen molar-refractivity contribution >= 4 is 53.7 Å². The van der Waals surface area contributed by atoms with Gasteiger partial charge in [0.2, 0.25) is 0 Å². The number of hydrogen-bond acceptors (Lipinski definition) is 0. The number of aryl methyl sites for hydroxylation is 2. The van der Waals surface area contributed by atoms with Crippen LogP contribution in [0, 0.1) is 0 Å². The molecule has 23 heavy (non-hydrogen) atoms. The lowest BCUT2D eigenvalue weighted by Crippen LogP contribution is -2.03. The minimum absolute atomic E-state index is 0.606. The Bertz CT molecular complexity index is 791. The summed E-state index contributed by atoms with van der Waals surface area (Å²) in [5.74, 6) is 0. The van der Waals surface area contributed by atoms with Crippen molar-refractivity contribution < 1.29 is 0 Å². The molecule has 2 aromatic carbocycles. The van der Waals surface area contributed by atoms with Crippen molar-refractivity contribution in [2.24, 2.45) is 0 Å². The Kier molecular flexibility index (Phi) is 5.81. The van der Waals surface area contributed by atoms with Gasteiger partial charge in [-0.15, -0.1) is 0 Å². The summed E-state index contributed by atoms with van der Waals surface area (Å²) in [5, 5.41) is 3.86. The van der Waals surface area contributed by atoms with Crippen LogP contribution in [0.25, 0.3) is 21.8 Å². The predicted octanol–water partition coefficient (Wildman–Crippen LogP) is 6.69. The Morgan fingerprint density at radius 3 is 2.57 bits per heavy atom. The largest absolute Gasteiger partial charge is 0.341 e. The maximum atomic E-state index is 3.84. The first kappa shape index (κ1) is 17.0. The highest BCUT2D eigenvalue weighted by atomic mass is 79.9. The van der Waals surface area contributed by atoms with Crippen LogP contribution in [0.1, 0.15) is 31.7 Å². The second-order valence-corrected chi connectivity index (χ2v) is 8.13. The molecule has 0 aliphatic carbocycles. The van der Waals surface area contributed by atoms with E-state index in [0.29, 0.717) is 4.83 Å². The highest BCUT2D eigenvalue weighted by molar-refractivity contribution is 9.09. The van der Waals surface area contributed by atoms with Crippen molar-refractivity contribution in [2.45, 2.75) is 44.0 Å². The third kappa shape index (κ3) is 3.51. The summed E-state index contributed by atoms with van der Waals surface area (Å²) >= 11 is 7.36. The van der Waals surface area contributed by atoms with Crippen LogP contribution in [-0.2, 0) is 13.0 Å². The standard InChI is InChI=1S/C20H23Br2N/c1-2-23-19-11-4-3-9-17(19)18-10-5-7-15(20(18)23)12-13-16(22)8-6-14-21/h3-5,7,9-11,16H,2,6,8,12-14H2,1H3. The van der Waals surface area contributed by atoms with E-state index in [1.54, 1.807) is 0 Å². The number of para-hydroxylation sites is 2. The minimum atomic E-state index is 0.606. The third-order valence-electron chi connectivity index (χ3n) is 4.57. The fraction of sp³-hybridized carbons (Fsp3) is 0.400. The molecule has 0 radical (unpaired) electrons. The van der Waals surface area contributed by atoms with E-state index in [2.05, 4.69) is 85.8 Å². The van der Waals surface area contributed by atoms with Crippen LogP contribution in [-0.4, -0.2) is 14.7 Å². The summed E-state index contributed by atoms with van der Waals surface area (Å²) in [6.07, 6.45) is 4.79. The maximum Gasteiger partial charge on any atom is 0.0523 e. The molecule has 3 aromatic rings. The quantitative estimate of drug-likeness (QED) is 0.363. The summed E-state index contributed by atoms with van der Waals surface area (Å²) in [6.45, 7) is 3.26. The first-order valence-electron chi connectivity index (χ1n) is 8.45. The normalized spacial score (nSPS) is 13.0. The monoisotopic (exact) mass is 435 g/mol. The fourth-order valence-electron chi connectivity index (χ4n) is 3.47. The fourth-order valence-corrected chi connectivity index (χ4v) is 4.35. The van der Waals surface area contributed by atoms with Gasteiger partial charge in [0, 0.05) is 33.0 Å². The number of alkyl halides is 2. The van der Waals surface area contributed by atoms with E-state index in [4.69, 9.17) is 0 Å². The van der Waals surface area contributed by atoms with Gasteiger partial charge in [0.25, 0.3) is 0 Å². The van der Waals surface area contributed by atoms with Gasteiger partial charge in [-0.3, -0.25) is 0 Å². The topological polar surface area (TPSA) is 4.93 Å². The summed E-state index contributed by atoms with van der Waals surface area (Å²) in [5.41, 5.74) is 4.26. The van der Waals surface area contributed by atoms with E-state index in [1.807, 2.05) is 0 Å². The molecule has 3 heteroatoms. The third-order valence-corrected chi connectivity index (χ3v) is 6.05. The number of fused-ring (bicyclic) bond motifs is 3. The van der Waals surface area contributed by atoms with E-state index in [9.17, 15) is 0 Å². The second-order valence-electron chi connectivity index (χ2n) is 6.04. The zero-order valence-electron chi connectivity index (χ0n) is 13.6. The summed E-state index contributed by atoms with van der Waals surface area (Å²) in [7, 11) is 0. The Balaban J connectivity index is 1.98. The molecule has 0 saturated heterocycles. The van der Waals surface area contributed by atoms with Gasteiger partial charge < -0.3 is 4.57 Å². The van der Waals surface area contributed by atoms with Crippen LogP contribution >= 0.6 is 31.9 Å². The van der Waals surface area contributed by atoms with Gasteiger partial charge in [-0.2, -0.15) is 0 Å². The van der Waals surface area contributed by atoms with Gasteiger partial charge in [0.05, 0.1) is 5.52 Å². The second kappa shape index (κ2) is 7.85. The number of rotatable bonds is 7. The molecule has 122 valence electrons. The van der Waals surface area contributed by atoms with Crippen LogP contribution in [0.4, 0.5) is 0 Å². The highest BCUT2D eigenvalue weighted by Crippen LogP contribution is 2.32. The van der Waals surface area contributed by atoms with E-state index in [-0.39, 0.29) is 0 Å². The summed E-state index contributed by atoms with van der Waals surface area (Å²) in [6, 6.07) is 15.6. The average molecular weight is 437 g/mol. The average Bonchev–Trinajstić information content (AvgIpc) is 2.92. The smallest absolute Gasteiger partial charge is 0.0523 e. The van der Waals surface area contributed by atoms with E-state index < -0.39 is 0 Å². The molecule has 1 atom stereocenters. The zero-order chi connectivity index (χ0) is 16.2. The molecule has 0 aliphatic rings. The zero-order valence-corrected chi connectivity index (χ0v) is 16.7. The molecule has 0 N–H and O–H groups in total. The molecule has 1 nitrogen and oxygen atoms in total. The highest BCUT2D eigenvalue weighted by Gasteiger charge is 2.13. The molecule has 0 spiro atoms. The molecule has 0 amide bonds. The molecule has 0 bridgehead atoms. The first-order valence-corrected chi connectivity index (χ1v) is 10.5. The molecule has 1 unspecified atom stereocenters. The van der Waals surface area contributed by atoms with Crippen molar-refractivity contribution in [2.75, 3.05) is 5.33 Å². The SMILES string of the molecule is CCn1c2ccccc2c2cccc(CCC(Br)CCCBr)c21. The Morgan fingerprint density at radius 2 is 1.78 bits per heavy atom. The van der Waals surface area contributed by atoms with Gasteiger partial charge in [-0.05, 0) is 44.2 Å². The van der Waals surface area contributed by atoms with Crippen LogP contribution < -0.4 is 0 Å². The number of halogens is 2. The predicted molar refractivity (Wildman–Crippen MR) is 109 cm³/mol. The first-order chi connectivity index (χ1) is 11.3. The van der Waals surface area contributed by atoms with Crippen molar-refractivity contribution in [1.82, 2.24) is 4.57 Å². The Labute approximate surface area is 155 Å². The van der Waals surface area contributed by atoms with Crippen molar-refractivity contribution in [3.8, 4) is 0 Å².